The standard InChI is InChI=1S/C12H13N3/c1-8(2)12-10-6-4-3-5-9(10)11(7-13)14-15-12/h3-6,8,12,15H,1-2H3. The lowest BCUT2D eigenvalue weighted by atomic mass is 9.90. The summed E-state index contributed by atoms with van der Waals surface area (Å²) < 4.78 is 0. The van der Waals surface area contributed by atoms with Crippen LogP contribution in [0.3, 0.4) is 0 Å². The smallest absolute Gasteiger partial charge is 0.167 e. The van der Waals surface area contributed by atoms with E-state index in [1.807, 2.05) is 18.2 Å². The first-order valence-electron chi connectivity index (χ1n) is 5.06. The zero-order chi connectivity index (χ0) is 10.8. The van der Waals surface area contributed by atoms with Crippen LogP contribution in [0.2, 0.25) is 0 Å². The van der Waals surface area contributed by atoms with E-state index in [1.54, 1.807) is 0 Å². The Balaban J connectivity index is 2.52. The van der Waals surface area contributed by atoms with Gasteiger partial charge in [-0.1, -0.05) is 38.1 Å². The molecule has 1 unspecified atom stereocenters. The largest absolute Gasteiger partial charge is 0.301 e. The number of nitrogens with one attached hydrogen (secondary N) is 1. The van der Waals surface area contributed by atoms with Gasteiger partial charge in [-0.05, 0) is 11.5 Å². The molecule has 1 N–H and O–H groups in total. The Labute approximate surface area is 89.4 Å². The van der Waals surface area contributed by atoms with Gasteiger partial charge < -0.3 is 5.43 Å². The fourth-order valence-corrected chi connectivity index (χ4v) is 1.84. The van der Waals surface area contributed by atoms with Crippen LogP contribution < -0.4 is 5.43 Å². The van der Waals surface area contributed by atoms with Crippen LogP contribution in [0.15, 0.2) is 29.4 Å². The van der Waals surface area contributed by atoms with E-state index in [4.69, 9.17) is 5.26 Å². The summed E-state index contributed by atoms with van der Waals surface area (Å²) in [6.07, 6.45) is 0. The lowest BCUT2D eigenvalue weighted by Gasteiger charge is -2.26. The lowest BCUT2D eigenvalue weighted by molar-refractivity contribution is 0.418. The van der Waals surface area contributed by atoms with Crippen LogP contribution in [0.25, 0.3) is 0 Å². The molecule has 1 atom stereocenters. The minimum atomic E-state index is 0.207. The van der Waals surface area contributed by atoms with Gasteiger partial charge in [0.15, 0.2) is 5.71 Å². The van der Waals surface area contributed by atoms with E-state index in [9.17, 15) is 0 Å². The SMILES string of the molecule is CC(C)C1NN=C(C#N)c2ccccc21. The summed E-state index contributed by atoms with van der Waals surface area (Å²) in [6.45, 7) is 4.28. The summed E-state index contributed by atoms with van der Waals surface area (Å²) in [5, 5.41) is 13.0. The van der Waals surface area contributed by atoms with E-state index in [0.717, 1.165) is 5.56 Å². The van der Waals surface area contributed by atoms with Crippen LogP contribution in [0.5, 0.6) is 0 Å². The Kier molecular flexibility index (Phi) is 2.42. The van der Waals surface area contributed by atoms with Gasteiger partial charge in [0.25, 0.3) is 0 Å². The zero-order valence-corrected chi connectivity index (χ0v) is 8.86. The molecule has 1 heterocycles. The maximum atomic E-state index is 8.94. The van der Waals surface area contributed by atoms with Crippen LogP contribution in [-0.4, -0.2) is 5.71 Å². The second-order valence-corrected chi connectivity index (χ2v) is 4.01. The first-order valence-corrected chi connectivity index (χ1v) is 5.06. The van der Waals surface area contributed by atoms with Gasteiger partial charge in [0.2, 0.25) is 0 Å². The molecule has 0 fully saturated rings. The molecule has 0 saturated carbocycles. The second kappa shape index (κ2) is 3.74. The molecule has 0 spiro atoms. The third kappa shape index (κ3) is 1.59. The average molecular weight is 199 g/mol. The first kappa shape index (κ1) is 9.72. The van der Waals surface area contributed by atoms with Crippen molar-refractivity contribution in [2.24, 2.45) is 11.0 Å². The van der Waals surface area contributed by atoms with E-state index in [1.165, 1.54) is 5.56 Å². The number of hydrogen-bond acceptors (Lipinski definition) is 3. The van der Waals surface area contributed by atoms with E-state index >= 15 is 0 Å². The van der Waals surface area contributed by atoms with E-state index in [0.29, 0.717) is 11.6 Å². The summed E-state index contributed by atoms with van der Waals surface area (Å²) in [6, 6.07) is 10.3. The van der Waals surface area contributed by atoms with Crippen molar-refractivity contribution in [1.29, 1.82) is 5.26 Å². The number of rotatable bonds is 1. The van der Waals surface area contributed by atoms with Crippen LogP contribution in [0.1, 0.15) is 31.0 Å². The third-order valence-corrected chi connectivity index (χ3v) is 2.64. The van der Waals surface area contributed by atoms with Gasteiger partial charge in [-0.2, -0.15) is 10.4 Å². The maximum Gasteiger partial charge on any atom is 0.167 e. The molecule has 1 aromatic carbocycles. The number of nitriles is 1. The van der Waals surface area contributed by atoms with Gasteiger partial charge in [-0.25, -0.2) is 0 Å². The van der Waals surface area contributed by atoms with E-state index in [-0.39, 0.29) is 6.04 Å². The highest BCUT2D eigenvalue weighted by Crippen LogP contribution is 2.28. The summed E-state index contributed by atoms with van der Waals surface area (Å²) in [4.78, 5) is 0. The Bertz CT molecular complexity index is 440. The topological polar surface area (TPSA) is 48.2 Å². The molecule has 0 amide bonds. The maximum absolute atomic E-state index is 8.94. The Morgan fingerprint density at radius 3 is 2.80 bits per heavy atom. The summed E-state index contributed by atoms with van der Waals surface area (Å²) >= 11 is 0. The molecule has 3 heteroatoms. The number of benzene rings is 1. The normalized spacial score (nSPS) is 18.8. The summed E-state index contributed by atoms with van der Waals surface area (Å²) in [5.41, 5.74) is 5.64. The fraction of sp³-hybridized carbons (Fsp3) is 0.333. The number of fused-ring (bicyclic) bond motifs is 1. The molecule has 2 rings (SSSR count). The van der Waals surface area contributed by atoms with Crippen molar-refractivity contribution in [3.8, 4) is 6.07 Å². The molecule has 1 aliphatic rings. The van der Waals surface area contributed by atoms with Gasteiger partial charge in [0.1, 0.15) is 6.07 Å². The molecule has 0 aliphatic carbocycles. The van der Waals surface area contributed by atoms with Gasteiger partial charge in [0.05, 0.1) is 6.04 Å². The molecule has 0 saturated heterocycles. The average Bonchev–Trinajstić information content (AvgIpc) is 2.27. The Morgan fingerprint density at radius 2 is 2.13 bits per heavy atom. The van der Waals surface area contributed by atoms with Crippen LogP contribution in [0.4, 0.5) is 0 Å². The van der Waals surface area contributed by atoms with Crippen molar-refractivity contribution >= 4 is 5.71 Å². The first-order chi connectivity index (χ1) is 7.24. The van der Waals surface area contributed by atoms with Crippen LogP contribution in [-0.2, 0) is 0 Å². The zero-order valence-electron chi connectivity index (χ0n) is 8.86. The minimum Gasteiger partial charge on any atom is -0.301 e. The molecular formula is C12H13N3. The van der Waals surface area contributed by atoms with E-state index in [2.05, 4.69) is 36.5 Å². The quantitative estimate of drug-likeness (QED) is 0.753. The highest BCUT2D eigenvalue weighted by atomic mass is 15.3. The van der Waals surface area contributed by atoms with Crippen molar-refractivity contribution in [3.05, 3.63) is 35.4 Å². The van der Waals surface area contributed by atoms with Crippen molar-refractivity contribution in [1.82, 2.24) is 5.43 Å². The predicted molar refractivity (Wildman–Crippen MR) is 59.3 cm³/mol. The third-order valence-electron chi connectivity index (χ3n) is 2.64. The van der Waals surface area contributed by atoms with Gasteiger partial charge >= 0.3 is 0 Å². The van der Waals surface area contributed by atoms with Crippen molar-refractivity contribution in [2.45, 2.75) is 19.9 Å². The molecule has 3 nitrogen and oxygen atoms in total. The van der Waals surface area contributed by atoms with Gasteiger partial charge in [0, 0.05) is 5.56 Å². The van der Waals surface area contributed by atoms with Crippen molar-refractivity contribution < 1.29 is 0 Å². The molecule has 0 aromatic heterocycles. The predicted octanol–water partition coefficient (Wildman–Crippen LogP) is 2.21. The lowest BCUT2D eigenvalue weighted by Crippen LogP contribution is -2.28. The molecular weight excluding hydrogens is 186 g/mol. The molecule has 76 valence electrons. The second-order valence-electron chi connectivity index (χ2n) is 4.01. The highest BCUT2D eigenvalue weighted by Gasteiger charge is 2.24. The van der Waals surface area contributed by atoms with Crippen molar-refractivity contribution in [3.63, 3.8) is 0 Å². The summed E-state index contributed by atoms with van der Waals surface area (Å²) in [5.74, 6) is 0.454. The molecule has 0 bridgehead atoms. The van der Waals surface area contributed by atoms with Crippen LogP contribution in [0, 0.1) is 17.2 Å². The number of hydrogen-bond donors (Lipinski definition) is 1. The summed E-state index contributed by atoms with van der Waals surface area (Å²) in [7, 11) is 0. The number of nitrogens with zero attached hydrogens (tertiary/aromatic N) is 2. The minimum absolute atomic E-state index is 0.207. The van der Waals surface area contributed by atoms with E-state index < -0.39 is 0 Å². The van der Waals surface area contributed by atoms with Crippen molar-refractivity contribution in [2.75, 3.05) is 0 Å². The van der Waals surface area contributed by atoms with Crippen LogP contribution >= 0.6 is 0 Å². The fourth-order valence-electron chi connectivity index (χ4n) is 1.84. The number of hydrazone groups is 1. The highest BCUT2D eigenvalue weighted by molar-refractivity contribution is 6.12. The Hall–Kier alpha value is -1.82. The Morgan fingerprint density at radius 1 is 1.40 bits per heavy atom. The molecule has 1 aliphatic heterocycles. The molecule has 0 radical (unpaired) electrons. The van der Waals surface area contributed by atoms with Gasteiger partial charge in [-0.3, -0.25) is 0 Å². The van der Waals surface area contributed by atoms with Gasteiger partial charge in [-0.15, -0.1) is 0 Å². The molecule has 1 aromatic rings. The molecule has 15 heavy (non-hydrogen) atoms. The monoisotopic (exact) mass is 199 g/mol.